The number of nitriles is 1. The zero-order valence-corrected chi connectivity index (χ0v) is 7.48. The Morgan fingerprint density at radius 1 is 1.62 bits per heavy atom. The molecule has 5 nitrogen and oxygen atoms in total. The van der Waals surface area contributed by atoms with Gasteiger partial charge in [-0.1, -0.05) is 5.16 Å². The van der Waals surface area contributed by atoms with E-state index in [1.165, 1.54) is 0 Å². The Labute approximate surface area is 77.4 Å². The number of hydrogen-bond donors (Lipinski definition) is 2. The third-order valence-electron chi connectivity index (χ3n) is 2.28. The van der Waals surface area contributed by atoms with Crippen molar-refractivity contribution in [3.05, 3.63) is 0 Å². The van der Waals surface area contributed by atoms with E-state index in [1.54, 1.807) is 0 Å². The van der Waals surface area contributed by atoms with E-state index in [1.807, 2.05) is 0 Å². The van der Waals surface area contributed by atoms with Crippen LogP contribution in [0.1, 0.15) is 12.8 Å². The van der Waals surface area contributed by atoms with Crippen molar-refractivity contribution in [2.24, 2.45) is 16.8 Å². The number of piperidine rings is 1. The van der Waals surface area contributed by atoms with Gasteiger partial charge in [0.1, 0.15) is 0 Å². The number of amidine groups is 1. The molecule has 0 radical (unpaired) electrons. The van der Waals surface area contributed by atoms with Crippen molar-refractivity contribution >= 4 is 5.84 Å². The van der Waals surface area contributed by atoms with Crippen LogP contribution in [0.4, 0.5) is 0 Å². The minimum Gasteiger partial charge on any atom is -0.409 e. The molecular weight excluding hydrogens is 168 g/mol. The van der Waals surface area contributed by atoms with Gasteiger partial charge in [0.15, 0.2) is 5.84 Å². The molecule has 1 aliphatic heterocycles. The molecule has 0 aromatic heterocycles. The fourth-order valence-electron chi connectivity index (χ4n) is 1.48. The largest absolute Gasteiger partial charge is 0.409 e. The summed E-state index contributed by atoms with van der Waals surface area (Å²) < 4.78 is 0. The van der Waals surface area contributed by atoms with Gasteiger partial charge in [-0.2, -0.15) is 5.26 Å². The van der Waals surface area contributed by atoms with Gasteiger partial charge in [0, 0.05) is 5.92 Å². The first-order valence-electron chi connectivity index (χ1n) is 4.34. The highest BCUT2D eigenvalue weighted by atomic mass is 16.4. The maximum atomic E-state index is 8.65. The van der Waals surface area contributed by atoms with Crippen molar-refractivity contribution in [2.45, 2.75) is 12.8 Å². The van der Waals surface area contributed by atoms with Crippen LogP contribution < -0.4 is 5.73 Å². The van der Waals surface area contributed by atoms with Crippen LogP contribution in [-0.4, -0.2) is 35.6 Å². The van der Waals surface area contributed by atoms with Crippen LogP contribution >= 0.6 is 0 Å². The monoisotopic (exact) mass is 182 g/mol. The van der Waals surface area contributed by atoms with Gasteiger partial charge in [0.05, 0.1) is 12.6 Å². The van der Waals surface area contributed by atoms with Crippen LogP contribution in [0.2, 0.25) is 0 Å². The molecule has 0 atom stereocenters. The molecule has 1 fully saturated rings. The van der Waals surface area contributed by atoms with Crippen LogP contribution in [-0.2, 0) is 0 Å². The lowest BCUT2D eigenvalue weighted by molar-refractivity contribution is 0.227. The molecule has 0 aliphatic carbocycles. The summed E-state index contributed by atoms with van der Waals surface area (Å²) in [5.41, 5.74) is 5.36. The summed E-state index contributed by atoms with van der Waals surface area (Å²) in [5.74, 6) is 0.416. The van der Waals surface area contributed by atoms with Crippen LogP contribution in [0.25, 0.3) is 0 Å². The van der Waals surface area contributed by atoms with Crippen LogP contribution in [0.15, 0.2) is 5.16 Å². The van der Waals surface area contributed by atoms with Crippen LogP contribution in [0.5, 0.6) is 0 Å². The van der Waals surface area contributed by atoms with Crippen molar-refractivity contribution < 1.29 is 5.21 Å². The molecule has 0 bridgehead atoms. The van der Waals surface area contributed by atoms with Gasteiger partial charge in [-0.3, -0.25) is 4.90 Å². The SMILES string of the molecule is N#CC1CCN(CC(N)=NO)CC1. The van der Waals surface area contributed by atoms with Crippen LogP contribution in [0, 0.1) is 17.2 Å². The van der Waals surface area contributed by atoms with Gasteiger partial charge in [-0.15, -0.1) is 0 Å². The van der Waals surface area contributed by atoms with Crippen LogP contribution in [0.3, 0.4) is 0 Å². The Morgan fingerprint density at radius 3 is 2.69 bits per heavy atom. The maximum absolute atomic E-state index is 8.65. The lowest BCUT2D eigenvalue weighted by Gasteiger charge is -2.28. The molecule has 72 valence electrons. The number of rotatable bonds is 2. The smallest absolute Gasteiger partial charge is 0.153 e. The predicted molar refractivity (Wildman–Crippen MR) is 48.2 cm³/mol. The quantitative estimate of drug-likeness (QED) is 0.272. The van der Waals surface area contributed by atoms with E-state index in [2.05, 4.69) is 16.1 Å². The molecule has 0 aromatic carbocycles. The molecule has 13 heavy (non-hydrogen) atoms. The van der Waals surface area contributed by atoms with Crippen molar-refractivity contribution in [2.75, 3.05) is 19.6 Å². The van der Waals surface area contributed by atoms with Gasteiger partial charge < -0.3 is 10.9 Å². The Bertz CT molecular complexity index is 225. The molecule has 1 saturated heterocycles. The summed E-state index contributed by atoms with van der Waals surface area (Å²) in [4.78, 5) is 2.09. The summed E-state index contributed by atoms with van der Waals surface area (Å²) in [6.45, 7) is 2.21. The summed E-state index contributed by atoms with van der Waals surface area (Å²) in [7, 11) is 0. The molecule has 3 N–H and O–H groups in total. The molecule has 5 heteroatoms. The Morgan fingerprint density at radius 2 is 2.23 bits per heavy atom. The van der Waals surface area contributed by atoms with E-state index in [0.717, 1.165) is 25.9 Å². The molecule has 1 heterocycles. The third kappa shape index (κ3) is 2.92. The number of nitrogens with two attached hydrogens (primary N) is 1. The topological polar surface area (TPSA) is 85.6 Å². The van der Waals surface area contributed by atoms with E-state index in [4.69, 9.17) is 16.2 Å². The standard InChI is InChI=1S/C8H14N4O/c9-5-7-1-3-12(4-2-7)6-8(10)11-13/h7,13H,1-4,6H2,(H2,10,11). The second-order valence-electron chi connectivity index (χ2n) is 3.27. The third-order valence-corrected chi connectivity index (χ3v) is 2.28. The van der Waals surface area contributed by atoms with Gasteiger partial charge in [-0.25, -0.2) is 0 Å². The number of likely N-dealkylation sites (tertiary alicyclic amines) is 1. The van der Waals surface area contributed by atoms with Gasteiger partial charge in [-0.05, 0) is 25.9 Å². The zero-order chi connectivity index (χ0) is 9.68. The van der Waals surface area contributed by atoms with E-state index in [0.29, 0.717) is 6.54 Å². The molecule has 0 amide bonds. The van der Waals surface area contributed by atoms with Crippen molar-refractivity contribution in [1.29, 1.82) is 5.26 Å². The van der Waals surface area contributed by atoms with E-state index in [9.17, 15) is 0 Å². The molecule has 0 spiro atoms. The Hall–Kier alpha value is -1.28. The highest BCUT2D eigenvalue weighted by molar-refractivity contribution is 5.81. The second kappa shape index (κ2) is 4.67. The summed E-state index contributed by atoms with van der Waals surface area (Å²) >= 11 is 0. The van der Waals surface area contributed by atoms with Crippen molar-refractivity contribution in [1.82, 2.24) is 4.90 Å². The second-order valence-corrected chi connectivity index (χ2v) is 3.27. The normalized spacial score (nSPS) is 21.3. The minimum absolute atomic E-state index is 0.184. The zero-order valence-electron chi connectivity index (χ0n) is 7.48. The first-order chi connectivity index (χ1) is 6.26. The molecule has 0 aromatic rings. The lowest BCUT2D eigenvalue weighted by atomic mass is 9.99. The highest BCUT2D eigenvalue weighted by Crippen LogP contribution is 2.15. The lowest BCUT2D eigenvalue weighted by Crippen LogP contribution is -2.39. The average molecular weight is 182 g/mol. The molecule has 1 aliphatic rings. The molecule has 1 rings (SSSR count). The number of oxime groups is 1. The fraction of sp³-hybridized carbons (Fsp3) is 0.750. The number of hydrogen-bond acceptors (Lipinski definition) is 4. The Kier molecular flexibility index (Phi) is 3.53. The highest BCUT2D eigenvalue weighted by Gasteiger charge is 2.18. The molecular formula is C8H14N4O. The summed E-state index contributed by atoms with van der Waals surface area (Å²) in [6.07, 6.45) is 1.77. The molecule has 0 unspecified atom stereocenters. The maximum Gasteiger partial charge on any atom is 0.153 e. The summed E-state index contributed by atoms with van der Waals surface area (Å²) in [5, 5.41) is 19.9. The average Bonchev–Trinajstić information content (AvgIpc) is 2.19. The van der Waals surface area contributed by atoms with E-state index >= 15 is 0 Å². The van der Waals surface area contributed by atoms with Crippen molar-refractivity contribution in [3.8, 4) is 6.07 Å². The summed E-state index contributed by atoms with van der Waals surface area (Å²) in [6, 6.07) is 2.25. The van der Waals surface area contributed by atoms with Gasteiger partial charge >= 0.3 is 0 Å². The Balaban J connectivity index is 2.30. The van der Waals surface area contributed by atoms with E-state index < -0.39 is 0 Å². The van der Waals surface area contributed by atoms with E-state index in [-0.39, 0.29) is 11.8 Å². The minimum atomic E-state index is 0.184. The first kappa shape index (κ1) is 9.81. The van der Waals surface area contributed by atoms with Gasteiger partial charge in [0.2, 0.25) is 0 Å². The number of nitrogens with zero attached hydrogens (tertiary/aromatic N) is 3. The van der Waals surface area contributed by atoms with Gasteiger partial charge in [0.25, 0.3) is 0 Å². The van der Waals surface area contributed by atoms with Crippen molar-refractivity contribution in [3.63, 3.8) is 0 Å². The fourth-order valence-corrected chi connectivity index (χ4v) is 1.48. The first-order valence-corrected chi connectivity index (χ1v) is 4.34. The molecule has 0 saturated carbocycles. The predicted octanol–water partition coefficient (Wildman–Crippen LogP) is -0.0316.